The summed E-state index contributed by atoms with van der Waals surface area (Å²) >= 11 is 0. The Kier molecular flexibility index (Phi) is 6.62. The minimum absolute atomic E-state index is 0.198. The second-order valence-corrected chi connectivity index (χ2v) is 5.41. The average Bonchev–Trinajstić information content (AvgIpc) is 2.37. The van der Waals surface area contributed by atoms with E-state index in [1.807, 2.05) is 0 Å². The van der Waals surface area contributed by atoms with Gasteiger partial charge in [-0.3, -0.25) is 4.79 Å². The van der Waals surface area contributed by atoms with Crippen molar-refractivity contribution in [3.05, 3.63) is 0 Å². The summed E-state index contributed by atoms with van der Waals surface area (Å²) in [5.41, 5.74) is 0. The summed E-state index contributed by atoms with van der Waals surface area (Å²) in [6, 6.07) is -0.198. The van der Waals surface area contributed by atoms with E-state index < -0.39 is 11.9 Å². The lowest BCUT2D eigenvalue weighted by Crippen LogP contribution is -2.41. The number of aliphatic carboxylic acids is 1. The molecule has 0 aliphatic carbocycles. The molecular formula is C13H25N3O3. The van der Waals surface area contributed by atoms with Gasteiger partial charge in [-0.2, -0.15) is 0 Å². The second kappa shape index (κ2) is 7.99. The van der Waals surface area contributed by atoms with E-state index in [-0.39, 0.29) is 6.03 Å². The molecule has 0 aromatic heterocycles. The van der Waals surface area contributed by atoms with E-state index in [1.165, 1.54) is 0 Å². The number of hydrogen-bond acceptors (Lipinski definition) is 3. The van der Waals surface area contributed by atoms with Gasteiger partial charge in [0.05, 0.1) is 5.92 Å². The SMILES string of the molecule is CC(CCNC(=O)NCC1CCN(C)CC1)C(=O)O. The maximum absolute atomic E-state index is 11.5. The number of amides is 2. The first kappa shape index (κ1) is 15.8. The molecule has 3 N–H and O–H groups in total. The minimum atomic E-state index is -0.825. The predicted octanol–water partition coefficient (Wildman–Crippen LogP) is 0.738. The van der Waals surface area contributed by atoms with Crippen molar-refractivity contribution in [3.8, 4) is 0 Å². The van der Waals surface area contributed by atoms with Gasteiger partial charge in [0.25, 0.3) is 0 Å². The van der Waals surface area contributed by atoms with Crippen molar-refractivity contribution in [1.29, 1.82) is 0 Å². The first-order chi connectivity index (χ1) is 8.99. The van der Waals surface area contributed by atoms with Crippen LogP contribution in [0, 0.1) is 11.8 Å². The Morgan fingerprint density at radius 1 is 1.32 bits per heavy atom. The highest BCUT2D eigenvalue weighted by Gasteiger charge is 2.17. The molecule has 1 aliphatic rings. The Hall–Kier alpha value is -1.30. The topological polar surface area (TPSA) is 81.7 Å². The van der Waals surface area contributed by atoms with E-state index in [4.69, 9.17) is 5.11 Å². The minimum Gasteiger partial charge on any atom is -0.481 e. The summed E-state index contributed by atoms with van der Waals surface area (Å²) in [4.78, 5) is 24.4. The van der Waals surface area contributed by atoms with Crippen molar-refractivity contribution in [2.24, 2.45) is 11.8 Å². The van der Waals surface area contributed by atoms with Gasteiger partial charge in [0, 0.05) is 13.1 Å². The Labute approximate surface area is 114 Å². The van der Waals surface area contributed by atoms with Crippen LogP contribution in [-0.4, -0.2) is 55.2 Å². The lowest BCUT2D eigenvalue weighted by molar-refractivity contribution is -0.141. The first-order valence-electron chi connectivity index (χ1n) is 6.92. The number of carbonyl (C=O) groups excluding carboxylic acids is 1. The third-order valence-electron chi connectivity index (χ3n) is 3.67. The van der Waals surface area contributed by atoms with Gasteiger partial charge in [-0.15, -0.1) is 0 Å². The molecule has 0 bridgehead atoms. The Bertz CT molecular complexity index is 302. The molecule has 0 aromatic carbocycles. The number of piperidine rings is 1. The van der Waals surface area contributed by atoms with Gasteiger partial charge in [0.1, 0.15) is 0 Å². The molecule has 0 aromatic rings. The summed E-state index contributed by atoms with van der Waals surface area (Å²) < 4.78 is 0. The third kappa shape index (κ3) is 6.42. The summed E-state index contributed by atoms with van der Waals surface area (Å²) in [5, 5.41) is 14.3. The van der Waals surface area contributed by atoms with Gasteiger partial charge >= 0.3 is 12.0 Å². The first-order valence-corrected chi connectivity index (χ1v) is 6.92. The normalized spacial score (nSPS) is 18.8. The molecule has 1 atom stereocenters. The Morgan fingerprint density at radius 3 is 2.53 bits per heavy atom. The molecule has 0 spiro atoms. The van der Waals surface area contributed by atoms with E-state index in [1.54, 1.807) is 6.92 Å². The number of carboxylic acids is 1. The van der Waals surface area contributed by atoms with Crippen LogP contribution in [0.3, 0.4) is 0 Å². The zero-order valence-corrected chi connectivity index (χ0v) is 11.8. The van der Waals surface area contributed by atoms with Crippen LogP contribution in [0.4, 0.5) is 4.79 Å². The molecule has 1 fully saturated rings. The van der Waals surface area contributed by atoms with Crippen LogP contribution >= 0.6 is 0 Å². The van der Waals surface area contributed by atoms with Crippen LogP contribution in [0.2, 0.25) is 0 Å². The van der Waals surface area contributed by atoms with E-state index in [9.17, 15) is 9.59 Å². The highest BCUT2D eigenvalue weighted by molar-refractivity contribution is 5.74. The Morgan fingerprint density at radius 2 is 1.95 bits per heavy atom. The number of nitrogens with zero attached hydrogens (tertiary/aromatic N) is 1. The molecule has 1 heterocycles. The molecule has 0 saturated carbocycles. The number of carboxylic acid groups (broad SMARTS) is 1. The summed E-state index contributed by atoms with van der Waals surface area (Å²) in [6.45, 7) is 4.91. The number of carbonyl (C=O) groups is 2. The lowest BCUT2D eigenvalue weighted by Gasteiger charge is -2.28. The molecule has 1 saturated heterocycles. The van der Waals surface area contributed by atoms with E-state index in [0.717, 1.165) is 25.9 Å². The molecule has 0 radical (unpaired) electrons. The van der Waals surface area contributed by atoms with Crippen molar-refractivity contribution in [1.82, 2.24) is 15.5 Å². The van der Waals surface area contributed by atoms with Gasteiger partial charge < -0.3 is 20.6 Å². The largest absolute Gasteiger partial charge is 0.481 e. The smallest absolute Gasteiger partial charge is 0.314 e. The summed E-state index contributed by atoms with van der Waals surface area (Å²) in [7, 11) is 2.11. The fraction of sp³-hybridized carbons (Fsp3) is 0.846. The van der Waals surface area contributed by atoms with Crippen molar-refractivity contribution in [2.45, 2.75) is 26.2 Å². The molecule has 110 valence electrons. The zero-order chi connectivity index (χ0) is 14.3. The van der Waals surface area contributed by atoms with Gasteiger partial charge in [-0.25, -0.2) is 4.79 Å². The van der Waals surface area contributed by atoms with Crippen molar-refractivity contribution in [2.75, 3.05) is 33.2 Å². The summed E-state index contributed by atoms with van der Waals surface area (Å²) in [5.74, 6) is -0.692. The van der Waals surface area contributed by atoms with Crippen LogP contribution in [0.1, 0.15) is 26.2 Å². The predicted molar refractivity (Wildman–Crippen MR) is 73.0 cm³/mol. The summed E-state index contributed by atoms with van der Waals surface area (Å²) in [6.07, 6.45) is 2.69. The van der Waals surface area contributed by atoms with Gasteiger partial charge in [0.2, 0.25) is 0 Å². The van der Waals surface area contributed by atoms with Crippen LogP contribution in [0.25, 0.3) is 0 Å². The third-order valence-corrected chi connectivity index (χ3v) is 3.67. The van der Waals surface area contributed by atoms with Crippen molar-refractivity contribution >= 4 is 12.0 Å². The molecule has 1 unspecified atom stereocenters. The number of rotatable bonds is 6. The van der Waals surface area contributed by atoms with Crippen LogP contribution < -0.4 is 10.6 Å². The van der Waals surface area contributed by atoms with Crippen molar-refractivity contribution in [3.63, 3.8) is 0 Å². The number of urea groups is 1. The monoisotopic (exact) mass is 271 g/mol. The molecule has 6 heteroatoms. The maximum atomic E-state index is 11.5. The molecule has 1 aliphatic heterocycles. The maximum Gasteiger partial charge on any atom is 0.314 e. The fourth-order valence-electron chi connectivity index (χ4n) is 2.09. The second-order valence-electron chi connectivity index (χ2n) is 5.41. The molecule has 6 nitrogen and oxygen atoms in total. The lowest BCUT2D eigenvalue weighted by atomic mass is 9.97. The van der Waals surface area contributed by atoms with Gasteiger partial charge in [-0.1, -0.05) is 6.92 Å². The highest BCUT2D eigenvalue weighted by Crippen LogP contribution is 2.14. The number of hydrogen-bond donors (Lipinski definition) is 3. The van der Waals surface area contributed by atoms with Crippen LogP contribution in [-0.2, 0) is 4.79 Å². The number of likely N-dealkylation sites (tertiary alicyclic amines) is 1. The average molecular weight is 271 g/mol. The van der Waals surface area contributed by atoms with Gasteiger partial charge in [0.15, 0.2) is 0 Å². The zero-order valence-electron chi connectivity index (χ0n) is 11.8. The fourth-order valence-corrected chi connectivity index (χ4v) is 2.09. The number of nitrogens with one attached hydrogen (secondary N) is 2. The molecule has 1 rings (SSSR count). The highest BCUT2D eigenvalue weighted by atomic mass is 16.4. The Balaban J connectivity index is 2.06. The van der Waals surface area contributed by atoms with E-state index in [2.05, 4.69) is 22.6 Å². The van der Waals surface area contributed by atoms with Crippen LogP contribution in [0.15, 0.2) is 0 Å². The van der Waals surface area contributed by atoms with E-state index in [0.29, 0.717) is 25.4 Å². The quantitative estimate of drug-likeness (QED) is 0.665. The molecule has 19 heavy (non-hydrogen) atoms. The van der Waals surface area contributed by atoms with Gasteiger partial charge in [-0.05, 0) is 45.3 Å². The molecular weight excluding hydrogens is 246 g/mol. The van der Waals surface area contributed by atoms with E-state index >= 15 is 0 Å². The molecule has 2 amide bonds. The van der Waals surface area contributed by atoms with Crippen LogP contribution in [0.5, 0.6) is 0 Å². The standard InChI is InChI=1S/C13H25N3O3/c1-10(12(17)18)3-6-14-13(19)15-9-11-4-7-16(2)8-5-11/h10-11H,3-9H2,1-2H3,(H,17,18)(H2,14,15,19). The van der Waals surface area contributed by atoms with Crippen molar-refractivity contribution < 1.29 is 14.7 Å².